The Bertz CT molecular complexity index is 1250. The number of anilines is 2. The first-order valence-corrected chi connectivity index (χ1v) is 12.7. The van der Waals surface area contributed by atoms with Crippen LogP contribution in [0.3, 0.4) is 0 Å². The maximum atomic E-state index is 12.6. The number of benzene rings is 2. The Morgan fingerprint density at radius 1 is 0.525 bits per heavy atom. The van der Waals surface area contributed by atoms with Gasteiger partial charge < -0.3 is 29.6 Å². The van der Waals surface area contributed by atoms with Gasteiger partial charge in [-0.2, -0.15) is 0 Å². The minimum absolute atomic E-state index is 0.272. The predicted molar refractivity (Wildman–Crippen MR) is 150 cm³/mol. The molecule has 0 aliphatic rings. The monoisotopic (exact) mass is 542 g/mol. The molecule has 4 rings (SSSR count). The highest BCUT2D eigenvalue weighted by molar-refractivity contribution is 6.06. The summed E-state index contributed by atoms with van der Waals surface area (Å²) < 4.78 is 22.6. The second-order valence-corrected chi connectivity index (χ2v) is 8.25. The molecule has 0 unspecified atom stereocenters. The first-order valence-electron chi connectivity index (χ1n) is 12.7. The van der Waals surface area contributed by atoms with Gasteiger partial charge in [-0.3, -0.25) is 9.59 Å². The molecule has 0 radical (unpaired) electrons. The lowest BCUT2D eigenvalue weighted by Gasteiger charge is -2.12. The molecule has 0 saturated carbocycles. The number of aromatic nitrogens is 2. The topological polar surface area (TPSA) is 121 Å². The molecule has 206 valence electrons. The third-order valence-electron chi connectivity index (χ3n) is 5.42. The van der Waals surface area contributed by atoms with Crippen molar-refractivity contribution in [1.82, 2.24) is 9.97 Å². The van der Waals surface area contributed by atoms with Crippen molar-refractivity contribution in [2.75, 3.05) is 50.3 Å². The van der Waals surface area contributed by atoms with Crippen LogP contribution in [0, 0.1) is 0 Å². The van der Waals surface area contributed by atoms with Crippen LogP contribution < -0.4 is 20.1 Å². The Balaban J connectivity index is 1.10. The number of nitrogens with one attached hydrogen (secondary N) is 2. The Morgan fingerprint density at radius 2 is 0.925 bits per heavy atom. The molecule has 2 aromatic heterocycles. The first kappa shape index (κ1) is 28.2. The molecule has 2 N–H and O–H groups in total. The summed E-state index contributed by atoms with van der Waals surface area (Å²) >= 11 is 0. The number of pyridine rings is 2. The van der Waals surface area contributed by atoms with E-state index in [2.05, 4.69) is 20.6 Å². The SMILES string of the molecule is O=C(Nc1ccccn1)c1ccccc1OCCOCCOCCOc1ccccc1C(=O)Nc1ccccn1. The van der Waals surface area contributed by atoms with Gasteiger partial charge in [-0.15, -0.1) is 0 Å². The summed E-state index contributed by atoms with van der Waals surface area (Å²) in [5.41, 5.74) is 0.819. The quantitative estimate of drug-likeness (QED) is 0.211. The molecule has 0 bridgehead atoms. The molecular formula is C30H30N4O6. The zero-order chi connectivity index (χ0) is 27.8. The van der Waals surface area contributed by atoms with E-state index in [9.17, 15) is 9.59 Å². The minimum Gasteiger partial charge on any atom is -0.490 e. The van der Waals surface area contributed by atoms with E-state index in [1.807, 2.05) is 0 Å². The number of amides is 2. The van der Waals surface area contributed by atoms with E-state index in [0.717, 1.165) is 0 Å². The number of hydrogen-bond donors (Lipinski definition) is 2. The molecule has 2 amide bonds. The van der Waals surface area contributed by atoms with Gasteiger partial charge in [0.05, 0.1) is 37.6 Å². The zero-order valence-electron chi connectivity index (χ0n) is 21.8. The lowest BCUT2D eigenvalue weighted by atomic mass is 10.2. The highest BCUT2D eigenvalue weighted by Crippen LogP contribution is 2.20. The van der Waals surface area contributed by atoms with Crippen LogP contribution in [0.2, 0.25) is 0 Å². The molecule has 10 heteroatoms. The van der Waals surface area contributed by atoms with Crippen LogP contribution in [0.5, 0.6) is 11.5 Å². The van der Waals surface area contributed by atoms with E-state index in [1.54, 1.807) is 97.3 Å². The van der Waals surface area contributed by atoms with Gasteiger partial charge in [-0.05, 0) is 48.5 Å². The van der Waals surface area contributed by atoms with Crippen LogP contribution in [-0.2, 0) is 9.47 Å². The van der Waals surface area contributed by atoms with Crippen molar-refractivity contribution in [3.63, 3.8) is 0 Å². The third-order valence-corrected chi connectivity index (χ3v) is 5.42. The normalized spacial score (nSPS) is 10.5. The molecule has 2 heterocycles. The number of carbonyl (C=O) groups is 2. The van der Waals surface area contributed by atoms with Gasteiger partial charge in [-0.25, -0.2) is 9.97 Å². The fourth-order valence-electron chi connectivity index (χ4n) is 3.54. The highest BCUT2D eigenvalue weighted by atomic mass is 16.6. The fourth-order valence-corrected chi connectivity index (χ4v) is 3.54. The molecule has 0 aliphatic heterocycles. The standard InChI is InChI=1S/C30H30N4O6/c35-29(33-27-13-5-7-15-31-27)23-9-1-3-11-25(23)39-21-19-37-17-18-38-20-22-40-26-12-4-2-10-24(26)30(36)34-28-14-6-8-16-32-28/h1-16H,17-22H2,(H,31,33,35)(H,32,34,36). The van der Waals surface area contributed by atoms with Crippen LogP contribution in [0.15, 0.2) is 97.3 Å². The number of nitrogens with zero attached hydrogens (tertiary/aromatic N) is 2. The highest BCUT2D eigenvalue weighted by Gasteiger charge is 2.14. The lowest BCUT2D eigenvalue weighted by molar-refractivity contribution is 0.0272. The average Bonchev–Trinajstić information content (AvgIpc) is 2.99. The molecular weight excluding hydrogens is 512 g/mol. The maximum Gasteiger partial charge on any atom is 0.260 e. The van der Waals surface area contributed by atoms with Crippen molar-refractivity contribution in [1.29, 1.82) is 0 Å². The Morgan fingerprint density at radius 3 is 1.35 bits per heavy atom. The van der Waals surface area contributed by atoms with E-state index in [4.69, 9.17) is 18.9 Å². The van der Waals surface area contributed by atoms with Gasteiger partial charge >= 0.3 is 0 Å². The maximum absolute atomic E-state index is 12.6. The van der Waals surface area contributed by atoms with Crippen molar-refractivity contribution in [2.45, 2.75) is 0 Å². The molecule has 10 nitrogen and oxygen atoms in total. The molecule has 0 atom stereocenters. The van der Waals surface area contributed by atoms with Crippen LogP contribution >= 0.6 is 0 Å². The summed E-state index contributed by atoms with van der Waals surface area (Å²) in [5, 5.41) is 5.50. The van der Waals surface area contributed by atoms with E-state index >= 15 is 0 Å². The first-order chi connectivity index (χ1) is 19.7. The molecule has 2 aromatic carbocycles. The number of carbonyl (C=O) groups excluding carboxylic acids is 2. The molecule has 0 fully saturated rings. The predicted octanol–water partition coefficient (Wildman–Crippen LogP) is 4.47. The fraction of sp³-hybridized carbons (Fsp3) is 0.200. The van der Waals surface area contributed by atoms with Gasteiger partial charge in [0, 0.05) is 12.4 Å². The van der Waals surface area contributed by atoms with E-state index in [1.165, 1.54) is 0 Å². The van der Waals surface area contributed by atoms with E-state index in [0.29, 0.717) is 60.7 Å². The van der Waals surface area contributed by atoms with Gasteiger partial charge in [0.2, 0.25) is 0 Å². The molecule has 0 spiro atoms. The van der Waals surface area contributed by atoms with Gasteiger partial charge in [-0.1, -0.05) is 36.4 Å². The van der Waals surface area contributed by atoms with Crippen molar-refractivity contribution >= 4 is 23.5 Å². The second kappa shape index (κ2) is 15.6. The smallest absolute Gasteiger partial charge is 0.260 e. The number of rotatable bonds is 15. The van der Waals surface area contributed by atoms with Crippen LogP contribution in [0.4, 0.5) is 11.6 Å². The molecule has 0 saturated heterocycles. The minimum atomic E-state index is -0.303. The second-order valence-electron chi connectivity index (χ2n) is 8.25. The Hall–Kier alpha value is -4.80. The van der Waals surface area contributed by atoms with Gasteiger partial charge in [0.15, 0.2) is 0 Å². The van der Waals surface area contributed by atoms with Crippen molar-refractivity contribution < 1.29 is 28.5 Å². The summed E-state index contributed by atoms with van der Waals surface area (Å²) in [6.45, 7) is 1.94. The largest absolute Gasteiger partial charge is 0.490 e. The lowest BCUT2D eigenvalue weighted by Crippen LogP contribution is -2.17. The Labute approximate surface area is 232 Å². The summed E-state index contributed by atoms with van der Waals surface area (Å²) in [4.78, 5) is 33.4. The van der Waals surface area contributed by atoms with Crippen molar-refractivity contribution in [2.24, 2.45) is 0 Å². The summed E-state index contributed by atoms with van der Waals surface area (Å²) in [5.74, 6) is 1.24. The number of hydrogen-bond acceptors (Lipinski definition) is 8. The van der Waals surface area contributed by atoms with Crippen molar-refractivity contribution in [3.05, 3.63) is 108 Å². The number of para-hydroxylation sites is 2. The number of ether oxygens (including phenoxy) is 4. The molecule has 0 aliphatic carbocycles. The summed E-state index contributed by atoms with van der Waals surface area (Å²) in [6, 6.07) is 24.6. The van der Waals surface area contributed by atoms with Crippen LogP contribution in [0.25, 0.3) is 0 Å². The zero-order valence-corrected chi connectivity index (χ0v) is 21.8. The average molecular weight is 543 g/mol. The third kappa shape index (κ3) is 8.90. The van der Waals surface area contributed by atoms with Crippen LogP contribution in [0.1, 0.15) is 20.7 Å². The summed E-state index contributed by atoms with van der Waals surface area (Å²) in [7, 11) is 0. The van der Waals surface area contributed by atoms with E-state index < -0.39 is 0 Å². The molecule has 40 heavy (non-hydrogen) atoms. The van der Waals surface area contributed by atoms with E-state index in [-0.39, 0.29) is 25.0 Å². The Kier molecular flexibility index (Phi) is 11.0. The van der Waals surface area contributed by atoms with Crippen molar-refractivity contribution in [3.8, 4) is 11.5 Å². The van der Waals surface area contributed by atoms with Crippen LogP contribution in [-0.4, -0.2) is 61.4 Å². The summed E-state index contributed by atoms with van der Waals surface area (Å²) in [6.07, 6.45) is 3.22. The molecule has 4 aromatic rings. The van der Waals surface area contributed by atoms with Gasteiger partial charge in [0.1, 0.15) is 36.3 Å². The van der Waals surface area contributed by atoms with Gasteiger partial charge in [0.25, 0.3) is 11.8 Å².